The van der Waals surface area contributed by atoms with E-state index in [1.54, 1.807) is 14.0 Å². The molecule has 0 aliphatic carbocycles. The van der Waals surface area contributed by atoms with Gasteiger partial charge in [0.1, 0.15) is 11.5 Å². The van der Waals surface area contributed by atoms with E-state index < -0.39 is 6.10 Å². The maximum absolute atomic E-state index is 11.9. The third-order valence-corrected chi connectivity index (χ3v) is 2.74. The van der Waals surface area contributed by atoms with Gasteiger partial charge in [0.05, 0.1) is 7.11 Å². The normalized spacial score (nSPS) is 12.1. The molecule has 1 amide bonds. The number of amides is 1. The van der Waals surface area contributed by atoms with Gasteiger partial charge in [0.25, 0.3) is 5.91 Å². The predicted molar refractivity (Wildman–Crippen MR) is 79.1 cm³/mol. The van der Waals surface area contributed by atoms with E-state index in [4.69, 9.17) is 9.47 Å². The molecular formula is C15H24N2O3. The van der Waals surface area contributed by atoms with Gasteiger partial charge in [0.2, 0.25) is 0 Å². The molecule has 0 saturated heterocycles. The van der Waals surface area contributed by atoms with Crippen LogP contribution in [-0.2, 0) is 11.3 Å². The van der Waals surface area contributed by atoms with E-state index in [-0.39, 0.29) is 11.9 Å². The molecule has 20 heavy (non-hydrogen) atoms. The highest BCUT2D eigenvalue weighted by Gasteiger charge is 2.17. The van der Waals surface area contributed by atoms with Crippen molar-refractivity contribution in [2.75, 3.05) is 14.2 Å². The van der Waals surface area contributed by atoms with E-state index in [2.05, 4.69) is 10.6 Å². The van der Waals surface area contributed by atoms with Crippen molar-refractivity contribution in [3.63, 3.8) is 0 Å². The van der Waals surface area contributed by atoms with Gasteiger partial charge in [0.15, 0.2) is 6.10 Å². The van der Waals surface area contributed by atoms with Crippen molar-refractivity contribution in [3.05, 3.63) is 23.8 Å². The molecule has 112 valence electrons. The molecule has 5 heteroatoms. The molecule has 1 atom stereocenters. The topological polar surface area (TPSA) is 59.6 Å². The number of hydrogen-bond donors (Lipinski definition) is 2. The zero-order chi connectivity index (χ0) is 15.1. The van der Waals surface area contributed by atoms with Crippen LogP contribution in [0, 0.1) is 0 Å². The first kappa shape index (κ1) is 16.3. The highest BCUT2D eigenvalue weighted by molar-refractivity contribution is 5.80. The molecule has 2 N–H and O–H groups in total. The summed E-state index contributed by atoms with van der Waals surface area (Å²) in [6.07, 6.45) is -0.540. The van der Waals surface area contributed by atoms with Gasteiger partial charge >= 0.3 is 0 Å². The minimum Gasteiger partial charge on any atom is -0.497 e. The van der Waals surface area contributed by atoms with Gasteiger partial charge in [-0.25, -0.2) is 0 Å². The summed E-state index contributed by atoms with van der Waals surface area (Å²) in [5.41, 5.74) is 0.955. The first-order chi connectivity index (χ1) is 9.47. The predicted octanol–water partition coefficient (Wildman–Crippen LogP) is 1.71. The largest absolute Gasteiger partial charge is 0.497 e. The third-order valence-electron chi connectivity index (χ3n) is 2.74. The lowest BCUT2D eigenvalue weighted by atomic mass is 10.2. The van der Waals surface area contributed by atoms with Gasteiger partial charge in [-0.15, -0.1) is 0 Å². The van der Waals surface area contributed by atoms with Crippen molar-refractivity contribution in [2.24, 2.45) is 0 Å². The highest BCUT2D eigenvalue weighted by atomic mass is 16.5. The Balaban J connectivity index is 2.82. The van der Waals surface area contributed by atoms with Gasteiger partial charge in [-0.3, -0.25) is 4.79 Å². The quantitative estimate of drug-likeness (QED) is 0.798. The van der Waals surface area contributed by atoms with Crippen LogP contribution in [0.3, 0.4) is 0 Å². The first-order valence-corrected chi connectivity index (χ1v) is 6.76. The number of hydrogen-bond acceptors (Lipinski definition) is 4. The van der Waals surface area contributed by atoms with E-state index in [1.807, 2.05) is 39.1 Å². The van der Waals surface area contributed by atoms with Crippen molar-refractivity contribution in [1.82, 2.24) is 10.6 Å². The van der Waals surface area contributed by atoms with Crippen LogP contribution in [-0.4, -0.2) is 32.2 Å². The molecule has 0 fully saturated rings. The van der Waals surface area contributed by atoms with Crippen LogP contribution < -0.4 is 20.1 Å². The number of benzene rings is 1. The van der Waals surface area contributed by atoms with Crippen molar-refractivity contribution in [3.8, 4) is 11.5 Å². The molecule has 0 saturated carbocycles. The molecular weight excluding hydrogens is 256 g/mol. The summed E-state index contributed by atoms with van der Waals surface area (Å²) in [4.78, 5) is 11.9. The minimum atomic E-state index is -0.540. The molecule has 0 heterocycles. The first-order valence-electron chi connectivity index (χ1n) is 6.76. The van der Waals surface area contributed by atoms with Crippen molar-refractivity contribution < 1.29 is 14.3 Å². The average Bonchev–Trinajstić information content (AvgIpc) is 2.40. The standard InChI is InChI=1S/C15H24N2O3/c1-10(2)17-15(18)11(3)20-14-7-6-13(19-5)8-12(14)9-16-4/h6-8,10-11,16H,9H2,1-5H3,(H,17,18). The minimum absolute atomic E-state index is 0.0983. The van der Waals surface area contributed by atoms with E-state index in [0.29, 0.717) is 12.3 Å². The fourth-order valence-electron chi connectivity index (χ4n) is 1.77. The molecule has 0 spiro atoms. The van der Waals surface area contributed by atoms with Crippen LogP contribution in [0.4, 0.5) is 0 Å². The Morgan fingerprint density at radius 3 is 2.55 bits per heavy atom. The smallest absolute Gasteiger partial charge is 0.260 e. The Morgan fingerprint density at radius 1 is 1.30 bits per heavy atom. The van der Waals surface area contributed by atoms with Crippen molar-refractivity contribution >= 4 is 5.91 Å². The second kappa shape index (κ2) is 7.75. The molecule has 0 radical (unpaired) electrons. The Bertz CT molecular complexity index is 447. The lowest BCUT2D eigenvalue weighted by molar-refractivity contribution is -0.127. The summed E-state index contributed by atoms with van der Waals surface area (Å²) in [6.45, 7) is 6.23. The van der Waals surface area contributed by atoms with Crippen LogP contribution in [0.1, 0.15) is 26.3 Å². The van der Waals surface area contributed by atoms with E-state index in [1.165, 1.54) is 0 Å². The molecule has 1 rings (SSSR count). The second-order valence-corrected chi connectivity index (χ2v) is 4.93. The molecule has 1 unspecified atom stereocenters. The van der Waals surface area contributed by atoms with Gasteiger partial charge in [-0.05, 0) is 46.0 Å². The van der Waals surface area contributed by atoms with Gasteiger partial charge in [-0.1, -0.05) is 0 Å². The fraction of sp³-hybridized carbons (Fsp3) is 0.533. The lowest BCUT2D eigenvalue weighted by Crippen LogP contribution is -2.40. The molecule has 0 aromatic heterocycles. The molecule has 0 aliphatic heterocycles. The van der Waals surface area contributed by atoms with Gasteiger partial charge < -0.3 is 20.1 Å². The zero-order valence-electron chi connectivity index (χ0n) is 12.8. The highest BCUT2D eigenvalue weighted by Crippen LogP contribution is 2.25. The number of rotatable bonds is 7. The SMILES string of the molecule is CNCc1cc(OC)ccc1OC(C)C(=O)NC(C)C. The van der Waals surface area contributed by atoms with Crippen LogP contribution in [0.25, 0.3) is 0 Å². The summed E-state index contributed by atoms with van der Waals surface area (Å²) in [5, 5.41) is 5.91. The summed E-state index contributed by atoms with van der Waals surface area (Å²) >= 11 is 0. The summed E-state index contributed by atoms with van der Waals surface area (Å²) in [5.74, 6) is 1.33. The van der Waals surface area contributed by atoms with E-state index in [9.17, 15) is 4.79 Å². The molecule has 0 bridgehead atoms. The van der Waals surface area contributed by atoms with Crippen LogP contribution >= 0.6 is 0 Å². The van der Waals surface area contributed by atoms with Gasteiger partial charge in [-0.2, -0.15) is 0 Å². The summed E-state index contributed by atoms with van der Waals surface area (Å²) in [7, 11) is 3.48. The average molecular weight is 280 g/mol. The van der Waals surface area contributed by atoms with Crippen molar-refractivity contribution in [2.45, 2.75) is 39.5 Å². The van der Waals surface area contributed by atoms with Crippen LogP contribution in [0.5, 0.6) is 11.5 Å². The summed E-state index contributed by atoms with van der Waals surface area (Å²) in [6, 6.07) is 5.65. The molecule has 1 aromatic rings. The number of ether oxygens (including phenoxy) is 2. The zero-order valence-corrected chi connectivity index (χ0v) is 12.8. The fourth-order valence-corrected chi connectivity index (χ4v) is 1.77. The Hall–Kier alpha value is -1.75. The monoisotopic (exact) mass is 280 g/mol. The maximum atomic E-state index is 11.9. The molecule has 0 aliphatic rings. The molecule has 5 nitrogen and oxygen atoms in total. The van der Waals surface area contributed by atoms with Crippen LogP contribution in [0.15, 0.2) is 18.2 Å². The van der Waals surface area contributed by atoms with Gasteiger partial charge in [0, 0.05) is 18.2 Å². The molecule has 1 aromatic carbocycles. The Labute approximate surface area is 120 Å². The third kappa shape index (κ3) is 4.74. The van der Waals surface area contributed by atoms with E-state index in [0.717, 1.165) is 11.3 Å². The maximum Gasteiger partial charge on any atom is 0.260 e. The number of carbonyl (C=O) groups excluding carboxylic acids is 1. The number of methoxy groups -OCH3 is 1. The number of carbonyl (C=O) groups is 1. The van der Waals surface area contributed by atoms with E-state index >= 15 is 0 Å². The van der Waals surface area contributed by atoms with Crippen molar-refractivity contribution in [1.29, 1.82) is 0 Å². The Kier molecular flexibility index (Phi) is 6.31. The lowest BCUT2D eigenvalue weighted by Gasteiger charge is -2.19. The second-order valence-electron chi connectivity index (χ2n) is 4.93. The summed E-state index contributed by atoms with van der Waals surface area (Å²) < 4.78 is 11.0. The number of nitrogens with one attached hydrogen (secondary N) is 2. The Morgan fingerprint density at radius 2 is 2.00 bits per heavy atom. The van der Waals surface area contributed by atoms with Crippen LogP contribution in [0.2, 0.25) is 0 Å².